The smallest absolute Gasteiger partial charge is 0.378 e. The Morgan fingerprint density at radius 3 is 2.42 bits per heavy atom. The zero-order chi connectivity index (χ0) is 18.1. The number of anilines is 1. The van der Waals surface area contributed by atoms with Gasteiger partial charge in [-0.1, -0.05) is 0 Å². The summed E-state index contributed by atoms with van der Waals surface area (Å²) in [5.74, 6) is 0.341. The average Bonchev–Trinajstić information content (AvgIpc) is 2.60. The molecule has 2 aromatic rings. The highest BCUT2D eigenvalue weighted by molar-refractivity contribution is 5.57. The lowest BCUT2D eigenvalue weighted by Gasteiger charge is -2.42. The predicted octanol–water partition coefficient (Wildman–Crippen LogP) is 2.08. The molecule has 4 rings (SSSR count). The van der Waals surface area contributed by atoms with Gasteiger partial charge in [-0.05, 0) is 12.1 Å². The van der Waals surface area contributed by atoms with Gasteiger partial charge in [0, 0.05) is 50.2 Å². The lowest BCUT2D eigenvalue weighted by atomic mass is 10.2. The minimum atomic E-state index is -4.53. The molecule has 26 heavy (non-hydrogen) atoms. The molecular formula is C17H18F3N5O. The number of rotatable bonds is 3. The summed E-state index contributed by atoms with van der Waals surface area (Å²) in [6.07, 6.45) is -1.51. The summed E-state index contributed by atoms with van der Waals surface area (Å²) in [6.45, 7) is 4.27. The number of hydrogen-bond donors (Lipinski definition) is 0. The molecule has 2 aromatic heterocycles. The highest BCUT2D eigenvalue weighted by Gasteiger charge is 2.35. The molecule has 2 saturated heterocycles. The standard InChI is InChI=1S/C17H18F3N5O/c18-17(19,20)14-8-15(23-16(22-14)12-2-1-3-21-9-12)25-6-4-24(5-7-25)13-10-26-11-13/h1-3,8-9,13H,4-7,10-11H2. The Morgan fingerprint density at radius 2 is 1.85 bits per heavy atom. The zero-order valence-electron chi connectivity index (χ0n) is 14.0. The molecule has 2 aliphatic heterocycles. The van der Waals surface area contributed by atoms with Crippen LogP contribution in [-0.2, 0) is 10.9 Å². The van der Waals surface area contributed by atoms with Gasteiger partial charge >= 0.3 is 6.18 Å². The molecule has 0 aliphatic carbocycles. The van der Waals surface area contributed by atoms with Gasteiger partial charge in [-0.2, -0.15) is 13.2 Å². The molecule has 2 aliphatic rings. The Labute approximate surface area is 148 Å². The molecule has 0 saturated carbocycles. The lowest BCUT2D eigenvalue weighted by Crippen LogP contribution is -2.56. The molecule has 0 spiro atoms. The first-order chi connectivity index (χ1) is 12.5. The first-order valence-corrected chi connectivity index (χ1v) is 8.44. The number of ether oxygens (including phenoxy) is 1. The van der Waals surface area contributed by atoms with Crippen molar-refractivity contribution in [3.05, 3.63) is 36.3 Å². The van der Waals surface area contributed by atoms with Gasteiger partial charge in [0.2, 0.25) is 0 Å². The molecule has 6 nitrogen and oxygen atoms in total. The molecule has 0 N–H and O–H groups in total. The van der Waals surface area contributed by atoms with Gasteiger partial charge < -0.3 is 9.64 Å². The van der Waals surface area contributed by atoms with E-state index in [1.165, 1.54) is 6.20 Å². The van der Waals surface area contributed by atoms with Gasteiger partial charge in [-0.15, -0.1) is 0 Å². The Hall–Kier alpha value is -2.26. The Kier molecular flexibility index (Phi) is 4.49. The third kappa shape index (κ3) is 3.49. The molecule has 0 bridgehead atoms. The Bertz CT molecular complexity index is 759. The summed E-state index contributed by atoms with van der Waals surface area (Å²) in [7, 11) is 0. The zero-order valence-corrected chi connectivity index (χ0v) is 14.0. The number of aromatic nitrogens is 3. The van der Waals surface area contributed by atoms with Crippen molar-refractivity contribution in [2.24, 2.45) is 0 Å². The van der Waals surface area contributed by atoms with Crippen molar-refractivity contribution < 1.29 is 17.9 Å². The second-order valence-corrected chi connectivity index (χ2v) is 6.39. The maximum atomic E-state index is 13.3. The van der Waals surface area contributed by atoms with Gasteiger partial charge in [0.05, 0.1) is 19.3 Å². The molecule has 2 fully saturated rings. The fraction of sp³-hybridized carbons (Fsp3) is 0.471. The number of hydrogen-bond acceptors (Lipinski definition) is 6. The summed E-state index contributed by atoms with van der Waals surface area (Å²) in [4.78, 5) is 16.2. The second kappa shape index (κ2) is 6.81. The largest absolute Gasteiger partial charge is 0.433 e. The fourth-order valence-electron chi connectivity index (χ4n) is 3.12. The number of nitrogens with zero attached hydrogens (tertiary/aromatic N) is 5. The number of piperazine rings is 1. The van der Waals surface area contributed by atoms with Crippen LogP contribution in [0.5, 0.6) is 0 Å². The van der Waals surface area contributed by atoms with E-state index >= 15 is 0 Å². The van der Waals surface area contributed by atoms with E-state index < -0.39 is 11.9 Å². The lowest BCUT2D eigenvalue weighted by molar-refractivity contribution is -0.141. The van der Waals surface area contributed by atoms with Gasteiger partial charge in [0.1, 0.15) is 5.82 Å². The molecule has 0 unspecified atom stereocenters. The van der Waals surface area contributed by atoms with Crippen molar-refractivity contribution >= 4 is 5.82 Å². The highest BCUT2D eigenvalue weighted by atomic mass is 19.4. The van der Waals surface area contributed by atoms with Crippen molar-refractivity contribution in [2.75, 3.05) is 44.3 Å². The van der Waals surface area contributed by atoms with Crippen LogP contribution in [0.25, 0.3) is 11.4 Å². The van der Waals surface area contributed by atoms with Crippen LogP contribution in [0.15, 0.2) is 30.6 Å². The normalized spacial score (nSPS) is 19.4. The maximum Gasteiger partial charge on any atom is 0.433 e. The van der Waals surface area contributed by atoms with E-state index in [0.717, 1.165) is 32.4 Å². The van der Waals surface area contributed by atoms with Crippen LogP contribution in [0.3, 0.4) is 0 Å². The quantitative estimate of drug-likeness (QED) is 0.830. The van der Waals surface area contributed by atoms with Crippen LogP contribution in [0.4, 0.5) is 19.0 Å². The van der Waals surface area contributed by atoms with E-state index in [1.54, 1.807) is 18.3 Å². The molecule has 0 atom stereocenters. The van der Waals surface area contributed by atoms with Gasteiger partial charge in [0.25, 0.3) is 0 Å². The third-order valence-corrected chi connectivity index (χ3v) is 4.70. The van der Waals surface area contributed by atoms with E-state index in [9.17, 15) is 13.2 Å². The predicted molar refractivity (Wildman–Crippen MR) is 88.7 cm³/mol. The van der Waals surface area contributed by atoms with Crippen molar-refractivity contribution in [3.8, 4) is 11.4 Å². The fourth-order valence-corrected chi connectivity index (χ4v) is 3.12. The van der Waals surface area contributed by atoms with Gasteiger partial charge in [-0.3, -0.25) is 9.88 Å². The first-order valence-electron chi connectivity index (χ1n) is 8.44. The molecule has 138 valence electrons. The summed E-state index contributed by atoms with van der Waals surface area (Å²) in [6, 6.07) is 4.76. The summed E-state index contributed by atoms with van der Waals surface area (Å²) in [5.41, 5.74) is -0.471. The van der Waals surface area contributed by atoms with E-state index in [0.29, 0.717) is 30.5 Å². The summed E-state index contributed by atoms with van der Waals surface area (Å²) < 4.78 is 45.1. The summed E-state index contributed by atoms with van der Waals surface area (Å²) in [5, 5.41) is 0. The number of halogens is 3. The molecule has 0 radical (unpaired) electrons. The van der Waals surface area contributed by atoms with Crippen LogP contribution in [0.1, 0.15) is 5.69 Å². The minimum absolute atomic E-state index is 0.0396. The molecule has 4 heterocycles. The second-order valence-electron chi connectivity index (χ2n) is 6.39. The summed E-state index contributed by atoms with van der Waals surface area (Å²) >= 11 is 0. The number of pyridine rings is 1. The first kappa shape index (κ1) is 17.2. The molecule has 0 amide bonds. The number of alkyl halides is 3. The topological polar surface area (TPSA) is 54.4 Å². The van der Waals surface area contributed by atoms with E-state index in [2.05, 4.69) is 19.9 Å². The van der Waals surface area contributed by atoms with Crippen LogP contribution in [0.2, 0.25) is 0 Å². The monoisotopic (exact) mass is 365 g/mol. The van der Waals surface area contributed by atoms with Crippen molar-refractivity contribution in [2.45, 2.75) is 12.2 Å². The van der Waals surface area contributed by atoms with Crippen LogP contribution >= 0.6 is 0 Å². The SMILES string of the molecule is FC(F)(F)c1cc(N2CCN(C3COC3)CC2)nc(-c2cccnc2)n1. The van der Waals surface area contributed by atoms with E-state index in [1.807, 2.05) is 4.90 Å². The van der Waals surface area contributed by atoms with E-state index in [-0.39, 0.29) is 5.82 Å². The third-order valence-electron chi connectivity index (χ3n) is 4.70. The van der Waals surface area contributed by atoms with Crippen LogP contribution < -0.4 is 4.90 Å². The maximum absolute atomic E-state index is 13.3. The van der Waals surface area contributed by atoms with Crippen LogP contribution in [0, 0.1) is 0 Å². The molecule has 0 aromatic carbocycles. The Balaban J connectivity index is 1.61. The van der Waals surface area contributed by atoms with Crippen LogP contribution in [-0.4, -0.2) is 65.3 Å². The van der Waals surface area contributed by atoms with Crippen molar-refractivity contribution in [1.29, 1.82) is 0 Å². The van der Waals surface area contributed by atoms with Crippen molar-refractivity contribution in [3.63, 3.8) is 0 Å². The van der Waals surface area contributed by atoms with E-state index in [4.69, 9.17) is 4.74 Å². The van der Waals surface area contributed by atoms with Gasteiger partial charge in [0.15, 0.2) is 11.5 Å². The average molecular weight is 365 g/mol. The van der Waals surface area contributed by atoms with Gasteiger partial charge in [-0.25, -0.2) is 9.97 Å². The molecular weight excluding hydrogens is 347 g/mol. The van der Waals surface area contributed by atoms with Crippen molar-refractivity contribution in [1.82, 2.24) is 19.9 Å². The Morgan fingerprint density at radius 1 is 1.08 bits per heavy atom. The highest BCUT2D eigenvalue weighted by Crippen LogP contribution is 2.32. The minimum Gasteiger partial charge on any atom is -0.378 e. The molecule has 9 heteroatoms.